The maximum absolute atomic E-state index is 15.4. The van der Waals surface area contributed by atoms with Gasteiger partial charge in [0.05, 0.1) is 31.3 Å². The predicted octanol–water partition coefficient (Wildman–Crippen LogP) is 5.01. The van der Waals surface area contributed by atoms with Crippen molar-refractivity contribution >= 4 is 10.9 Å². The number of methoxy groups -OCH3 is 2. The highest BCUT2D eigenvalue weighted by Gasteiger charge is 2.21. The van der Waals surface area contributed by atoms with Gasteiger partial charge < -0.3 is 24.6 Å². The molecule has 1 unspecified atom stereocenters. The van der Waals surface area contributed by atoms with E-state index in [4.69, 9.17) is 14.2 Å². The van der Waals surface area contributed by atoms with Crippen LogP contribution in [0.1, 0.15) is 23.9 Å². The molecule has 0 bridgehead atoms. The van der Waals surface area contributed by atoms with Gasteiger partial charge in [0.2, 0.25) is 0 Å². The molecule has 0 radical (unpaired) electrons. The zero-order valence-corrected chi connectivity index (χ0v) is 23.5. The van der Waals surface area contributed by atoms with Gasteiger partial charge in [-0.1, -0.05) is 36.4 Å². The van der Waals surface area contributed by atoms with Crippen LogP contribution in [-0.2, 0) is 7.05 Å². The number of rotatable bonds is 11. The Morgan fingerprint density at radius 2 is 1.71 bits per heavy atom. The molecule has 0 aliphatic rings. The van der Waals surface area contributed by atoms with E-state index in [9.17, 15) is 9.90 Å². The summed E-state index contributed by atoms with van der Waals surface area (Å²) in [6, 6.07) is 18.7. The number of aliphatic hydroxyl groups excluding tert-OH is 1. The normalized spacial score (nSPS) is 11.8. The minimum absolute atomic E-state index is 0.0142. The van der Waals surface area contributed by atoms with Crippen molar-refractivity contribution in [2.24, 2.45) is 7.05 Å². The van der Waals surface area contributed by atoms with Crippen molar-refractivity contribution in [1.82, 2.24) is 19.9 Å². The summed E-state index contributed by atoms with van der Waals surface area (Å²) < 4.78 is 33.5. The summed E-state index contributed by atoms with van der Waals surface area (Å²) in [7, 11) is 4.71. The highest BCUT2D eigenvalue weighted by molar-refractivity contribution is 5.88. The van der Waals surface area contributed by atoms with Crippen molar-refractivity contribution in [1.29, 1.82) is 0 Å². The van der Waals surface area contributed by atoms with Crippen LogP contribution in [0.5, 0.6) is 23.0 Å². The lowest BCUT2D eigenvalue weighted by atomic mass is 10.0. The number of halogens is 1. The number of ether oxygens (including phenoxy) is 3. The second kappa shape index (κ2) is 12.8. The van der Waals surface area contributed by atoms with Crippen molar-refractivity contribution < 1.29 is 23.7 Å². The van der Waals surface area contributed by atoms with E-state index < -0.39 is 5.82 Å². The fourth-order valence-corrected chi connectivity index (χ4v) is 4.76. The molecule has 0 amide bonds. The van der Waals surface area contributed by atoms with Crippen LogP contribution in [0, 0.1) is 5.82 Å². The summed E-state index contributed by atoms with van der Waals surface area (Å²) in [5.41, 5.74) is 1.82. The molecular formula is C32H31FN4O5. The molecule has 10 heteroatoms. The van der Waals surface area contributed by atoms with Crippen LogP contribution < -0.4 is 25.1 Å². The molecule has 0 aliphatic heterocycles. The summed E-state index contributed by atoms with van der Waals surface area (Å²) in [6.45, 7) is 0.582. The van der Waals surface area contributed by atoms with Crippen LogP contribution in [0.3, 0.4) is 0 Å². The lowest BCUT2D eigenvalue weighted by Gasteiger charge is -2.21. The molecule has 0 fully saturated rings. The maximum atomic E-state index is 15.4. The number of hydrogen-bond acceptors (Lipinski definition) is 8. The van der Waals surface area contributed by atoms with Gasteiger partial charge in [0, 0.05) is 37.5 Å². The standard InChI is InChI=1S/C32H31FN4O5/c1-37-31(30(35-13-7-15-38)20-8-5-4-6-9-20)36-19-23(32(37)39)21-10-11-27(24(33)16-21)42-26-12-14-34-25-18-29(41-3)28(40-2)17-22(25)26/h4-6,8-12,14,16-19,30,35,38H,7,13,15H2,1-3H3. The number of aromatic nitrogens is 3. The Hall–Kier alpha value is -4.80. The summed E-state index contributed by atoms with van der Waals surface area (Å²) in [5.74, 6) is 1.24. The molecule has 0 spiro atoms. The average Bonchev–Trinajstić information content (AvgIpc) is 3.02. The van der Waals surface area contributed by atoms with Gasteiger partial charge in [0.1, 0.15) is 11.6 Å². The average molecular weight is 571 g/mol. The van der Waals surface area contributed by atoms with Crippen LogP contribution in [0.15, 0.2) is 83.9 Å². The molecule has 0 saturated carbocycles. The monoisotopic (exact) mass is 570 g/mol. The number of nitrogens with one attached hydrogen (secondary N) is 1. The Balaban J connectivity index is 1.46. The van der Waals surface area contributed by atoms with E-state index in [0.29, 0.717) is 52.5 Å². The highest BCUT2D eigenvalue weighted by Crippen LogP contribution is 2.37. The van der Waals surface area contributed by atoms with E-state index in [2.05, 4.69) is 15.3 Å². The molecule has 0 saturated heterocycles. The second-order valence-corrected chi connectivity index (χ2v) is 9.55. The Morgan fingerprint density at radius 3 is 2.43 bits per heavy atom. The maximum Gasteiger partial charge on any atom is 0.261 e. The summed E-state index contributed by atoms with van der Waals surface area (Å²) in [5, 5.41) is 13.2. The molecule has 2 heterocycles. The van der Waals surface area contributed by atoms with E-state index in [1.54, 1.807) is 37.5 Å². The third-order valence-electron chi connectivity index (χ3n) is 6.95. The zero-order chi connectivity index (χ0) is 29.6. The van der Waals surface area contributed by atoms with Crippen molar-refractivity contribution in [2.75, 3.05) is 27.4 Å². The third-order valence-corrected chi connectivity index (χ3v) is 6.95. The second-order valence-electron chi connectivity index (χ2n) is 9.55. The largest absolute Gasteiger partial charge is 0.493 e. The zero-order valence-electron chi connectivity index (χ0n) is 23.5. The Labute approximate surface area is 242 Å². The number of aliphatic hydroxyl groups is 1. The molecule has 2 aromatic heterocycles. The molecule has 2 N–H and O–H groups in total. The fraction of sp³-hybridized carbons (Fsp3) is 0.219. The summed E-state index contributed by atoms with van der Waals surface area (Å²) in [4.78, 5) is 22.4. The molecule has 5 aromatic rings. The lowest BCUT2D eigenvalue weighted by molar-refractivity contribution is 0.284. The molecule has 42 heavy (non-hydrogen) atoms. The van der Waals surface area contributed by atoms with Crippen molar-refractivity contribution in [3.05, 3.63) is 107 Å². The molecule has 1 atom stereocenters. The summed E-state index contributed by atoms with van der Waals surface area (Å²) in [6.07, 6.45) is 3.58. The Morgan fingerprint density at radius 1 is 0.952 bits per heavy atom. The summed E-state index contributed by atoms with van der Waals surface area (Å²) >= 11 is 0. The minimum Gasteiger partial charge on any atom is -0.493 e. The van der Waals surface area contributed by atoms with E-state index in [1.807, 2.05) is 30.3 Å². The van der Waals surface area contributed by atoms with Crippen molar-refractivity contribution in [3.8, 4) is 34.1 Å². The molecule has 3 aromatic carbocycles. The van der Waals surface area contributed by atoms with Gasteiger partial charge in [-0.05, 0) is 48.4 Å². The van der Waals surface area contributed by atoms with Crippen molar-refractivity contribution in [3.63, 3.8) is 0 Å². The first kappa shape index (κ1) is 28.7. The van der Waals surface area contributed by atoms with Crippen LogP contribution >= 0.6 is 0 Å². The number of fused-ring (bicyclic) bond motifs is 1. The lowest BCUT2D eigenvalue weighted by Crippen LogP contribution is -2.32. The smallest absolute Gasteiger partial charge is 0.261 e. The minimum atomic E-state index is -0.642. The van der Waals surface area contributed by atoms with Gasteiger partial charge >= 0.3 is 0 Å². The van der Waals surface area contributed by atoms with E-state index in [0.717, 1.165) is 5.56 Å². The van der Waals surface area contributed by atoms with Gasteiger partial charge in [0.15, 0.2) is 23.1 Å². The Kier molecular flexibility index (Phi) is 8.75. The van der Waals surface area contributed by atoms with E-state index >= 15 is 4.39 Å². The first-order chi connectivity index (χ1) is 20.4. The van der Waals surface area contributed by atoms with Crippen LogP contribution in [0.4, 0.5) is 4.39 Å². The number of pyridine rings is 1. The number of benzene rings is 3. The van der Waals surface area contributed by atoms with Gasteiger partial charge in [-0.3, -0.25) is 14.3 Å². The molecule has 216 valence electrons. The first-order valence-electron chi connectivity index (χ1n) is 13.4. The van der Waals surface area contributed by atoms with Gasteiger partial charge in [-0.2, -0.15) is 0 Å². The quantitative estimate of drug-likeness (QED) is 0.214. The van der Waals surface area contributed by atoms with Gasteiger partial charge in [-0.15, -0.1) is 0 Å². The fourth-order valence-electron chi connectivity index (χ4n) is 4.76. The Bertz CT molecular complexity index is 1760. The third kappa shape index (κ3) is 5.81. The van der Waals surface area contributed by atoms with E-state index in [-0.39, 0.29) is 29.5 Å². The molecular weight excluding hydrogens is 539 g/mol. The number of nitrogens with zero attached hydrogens (tertiary/aromatic N) is 3. The molecule has 5 rings (SSSR count). The SMILES string of the molecule is COc1cc2nccc(Oc3ccc(-c4cnc(C(NCCCO)c5ccccc5)n(C)c4=O)cc3F)c2cc1OC. The van der Waals surface area contributed by atoms with E-state index in [1.165, 1.54) is 37.1 Å². The first-order valence-corrected chi connectivity index (χ1v) is 13.4. The topological polar surface area (TPSA) is 108 Å². The molecule has 0 aliphatic carbocycles. The molecule has 9 nitrogen and oxygen atoms in total. The predicted molar refractivity (Wildman–Crippen MR) is 158 cm³/mol. The van der Waals surface area contributed by atoms with Crippen LogP contribution in [-0.4, -0.2) is 47.0 Å². The highest BCUT2D eigenvalue weighted by atomic mass is 19.1. The van der Waals surface area contributed by atoms with Crippen LogP contribution in [0.2, 0.25) is 0 Å². The van der Waals surface area contributed by atoms with Gasteiger partial charge in [-0.25, -0.2) is 9.37 Å². The van der Waals surface area contributed by atoms with Gasteiger partial charge in [0.25, 0.3) is 5.56 Å². The van der Waals surface area contributed by atoms with Crippen LogP contribution in [0.25, 0.3) is 22.0 Å². The number of hydrogen-bond donors (Lipinski definition) is 2. The van der Waals surface area contributed by atoms with Crippen molar-refractivity contribution in [2.45, 2.75) is 12.5 Å².